The molecule has 0 aromatic heterocycles. The fourth-order valence-corrected chi connectivity index (χ4v) is 2.18. The highest BCUT2D eigenvalue weighted by Gasteiger charge is 2.26. The zero-order chi connectivity index (χ0) is 18.8. The van der Waals surface area contributed by atoms with Crippen LogP contribution >= 0.6 is 0 Å². The number of aliphatic hydroxyl groups excluding tert-OH is 1. The van der Waals surface area contributed by atoms with Crippen molar-refractivity contribution >= 4 is 6.29 Å². The SMILES string of the molecule is CCC(C(O)C/C=C\C/C=C\C/C=C\C/C=C\CCC[C]=O)[N+](=O)[O-]. The summed E-state index contributed by atoms with van der Waals surface area (Å²) in [7, 11) is 0. The van der Waals surface area contributed by atoms with Crippen molar-refractivity contribution in [1.82, 2.24) is 0 Å². The van der Waals surface area contributed by atoms with E-state index in [2.05, 4.69) is 30.4 Å². The molecule has 5 heteroatoms. The Morgan fingerprint density at radius 2 is 1.52 bits per heavy atom. The highest BCUT2D eigenvalue weighted by atomic mass is 16.6. The van der Waals surface area contributed by atoms with Crippen LogP contribution in [-0.2, 0) is 4.79 Å². The summed E-state index contributed by atoms with van der Waals surface area (Å²) in [6.07, 6.45) is 22.6. The van der Waals surface area contributed by atoms with Gasteiger partial charge in [0, 0.05) is 17.8 Å². The lowest BCUT2D eigenvalue weighted by atomic mass is 10.1. The average Bonchev–Trinajstić information content (AvgIpc) is 2.58. The molecule has 0 spiro atoms. The lowest BCUT2D eigenvalue weighted by Gasteiger charge is -2.12. The third kappa shape index (κ3) is 14.1. The molecular formula is C20H30NO4. The second kappa shape index (κ2) is 16.8. The van der Waals surface area contributed by atoms with Crippen LogP contribution < -0.4 is 0 Å². The Morgan fingerprint density at radius 1 is 1.00 bits per heavy atom. The number of nitrogens with zero attached hydrogens (tertiary/aromatic N) is 1. The minimum Gasteiger partial charge on any atom is -0.386 e. The molecule has 0 saturated heterocycles. The molecule has 0 bridgehead atoms. The van der Waals surface area contributed by atoms with Gasteiger partial charge >= 0.3 is 0 Å². The van der Waals surface area contributed by atoms with Crippen molar-refractivity contribution in [2.75, 3.05) is 0 Å². The Balaban J connectivity index is 3.73. The van der Waals surface area contributed by atoms with Crippen molar-refractivity contribution in [2.45, 2.75) is 70.4 Å². The van der Waals surface area contributed by atoms with Gasteiger partial charge in [0.15, 0.2) is 6.29 Å². The van der Waals surface area contributed by atoms with E-state index in [1.165, 1.54) is 0 Å². The largest absolute Gasteiger partial charge is 0.386 e. The van der Waals surface area contributed by atoms with Gasteiger partial charge < -0.3 is 5.11 Å². The zero-order valence-electron chi connectivity index (χ0n) is 15.0. The van der Waals surface area contributed by atoms with Crippen molar-refractivity contribution < 1.29 is 14.8 Å². The van der Waals surface area contributed by atoms with Gasteiger partial charge in [0.2, 0.25) is 6.04 Å². The van der Waals surface area contributed by atoms with Crippen LogP contribution in [-0.4, -0.2) is 28.5 Å². The van der Waals surface area contributed by atoms with E-state index >= 15 is 0 Å². The molecule has 0 saturated carbocycles. The van der Waals surface area contributed by atoms with Crippen molar-refractivity contribution in [3.63, 3.8) is 0 Å². The normalized spacial score (nSPS) is 14.8. The molecule has 0 aliphatic heterocycles. The lowest BCUT2D eigenvalue weighted by Crippen LogP contribution is -2.32. The fraction of sp³-hybridized carbons (Fsp3) is 0.550. The monoisotopic (exact) mass is 348 g/mol. The Hall–Kier alpha value is -2.01. The second-order valence-corrected chi connectivity index (χ2v) is 5.69. The molecule has 5 nitrogen and oxygen atoms in total. The molecule has 2 atom stereocenters. The van der Waals surface area contributed by atoms with Gasteiger partial charge in [-0.25, -0.2) is 0 Å². The quantitative estimate of drug-likeness (QED) is 0.205. The predicted molar refractivity (Wildman–Crippen MR) is 102 cm³/mol. The van der Waals surface area contributed by atoms with Crippen LogP contribution in [0.15, 0.2) is 48.6 Å². The molecule has 0 amide bonds. The maximum absolute atomic E-state index is 10.7. The van der Waals surface area contributed by atoms with E-state index in [0.29, 0.717) is 19.3 Å². The number of hydrogen-bond acceptors (Lipinski definition) is 4. The zero-order valence-corrected chi connectivity index (χ0v) is 15.0. The van der Waals surface area contributed by atoms with Gasteiger partial charge in [-0.3, -0.25) is 14.9 Å². The molecule has 0 heterocycles. The van der Waals surface area contributed by atoms with Gasteiger partial charge in [0.05, 0.1) is 0 Å². The summed E-state index contributed by atoms with van der Waals surface area (Å²) >= 11 is 0. The van der Waals surface area contributed by atoms with Crippen molar-refractivity contribution in [1.29, 1.82) is 0 Å². The molecule has 0 rings (SSSR count). The first kappa shape index (κ1) is 23.0. The first-order valence-electron chi connectivity index (χ1n) is 8.90. The van der Waals surface area contributed by atoms with E-state index in [9.17, 15) is 20.0 Å². The van der Waals surface area contributed by atoms with E-state index in [4.69, 9.17) is 0 Å². The second-order valence-electron chi connectivity index (χ2n) is 5.69. The van der Waals surface area contributed by atoms with Gasteiger partial charge in [-0.05, 0) is 38.5 Å². The molecular weight excluding hydrogens is 318 g/mol. The summed E-state index contributed by atoms with van der Waals surface area (Å²) in [5.41, 5.74) is 0. The van der Waals surface area contributed by atoms with Crippen LogP contribution in [0.4, 0.5) is 0 Å². The van der Waals surface area contributed by atoms with Gasteiger partial charge in [0.25, 0.3) is 0 Å². The van der Waals surface area contributed by atoms with Crippen molar-refractivity contribution in [3.05, 3.63) is 58.7 Å². The molecule has 0 fully saturated rings. The first-order chi connectivity index (χ1) is 12.1. The molecule has 1 N–H and O–H groups in total. The van der Waals surface area contributed by atoms with Crippen LogP contribution in [0.3, 0.4) is 0 Å². The summed E-state index contributed by atoms with van der Waals surface area (Å²) in [6, 6.07) is -0.886. The number of aliphatic hydroxyl groups is 1. The maximum Gasteiger partial charge on any atom is 0.238 e. The molecule has 0 aliphatic rings. The minimum absolute atomic E-state index is 0.310. The Bertz CT molecular complexity index is 466. The summed E-state index contributed by atoms with van der Waals surface area (Å²) in [6.45, 7) is 1.71. The molecule has 25 heavy (non-hydrogen) atoms. The fourth-order valence-electron chi connectivity index (χ4n) is 2.18. The Kier molecular flexibility index (Phi) is 15.5. The number of rotatable bonds is 15. The summed E-state index contributed by atoms with van der Waals surface area (Å²) in [5, 5.41) is 20.5. The highest BCUT2D eigenvalue weighted by molar-refractivity contribution is 5.50. The standard InChI is InChI=1S/C20H30NO4/c1-2-19(21(24)25)20(23)17-15-13-11-9-7-5-3-4-6-8-10-12-14-16-18-22/h3-4,7-10,13,15,19-20,23H,2,5-6,11-12,14,16-17H2,1H3/b4-3-,9-7-,10-8-,15-13-. The van der Waals surface area contributed by atoms with Crippen LogP contribution in [0.5, 0.6) is 0 Å². The molecule has 2 unspecified atom stereocenters. The molecule has 0 aliphatic carbocycles. The summed E-state index contributed by atoms with van der Waals surface area (Å²) < 4.78 is 0. The minimum atomic E-state index is -0.923. The van der Waals surface area contributed by atoms with Gasteiger partial charge in [-0.15, -0.1) is 0 Å². The first-order valence-corrected chi connectivity index (χ1v) is 8.90. The third-order valence-corrected chi connectivity index (χ3v) is 3.64. The number of allylic oxidation sites excluding steroid dienone is 7. The predicted octanol–water partition coefficient (Wildman–Crippen LogP) is 4.47. The number of hydrogen-bond donors (Lipinski definition) is 1. The third-order valence-electron chi connectivity index (χ3n) is 3.64. The van der Waals surface area contributed by atoms with E-state index in [1.807, 2.05) is 18.4 Å². The van der Waals surface area contributed by atoms with Gasteiger partial charge in [-0.1, -0.05) is 55.5 Å². The van der Waals surface area contributed by atoms with Crippen molar-refractivity contribution in [2.24, 2.45) is 0 Å². The Labute approximate surface area is 151 Å². The molecule has 1 radical (unpaired) electrons. The van der Waals surface area contributed by atoms with Crippen LogP contribution in [0.2, 0.25) is 0 Å². The molecule has 139 valence electrons. The van der Waals surface area contributed by atoms with E-state index < -0.39 is 17.1 Å². The molecule has 0 aromatic rings. The van der Waals surface area contributed by atoms with Crippen LogP contribution in [0.25, 0.3) is 0 Å². The van der Waals surface area contributed by atoms with E-state index in [1.54, 1.807) is 13.0 Å². The van der Waals surface area contributed by atoms with E-state index in [0.717, 1.165) is 32.1 Å². The van der Waals surface area contributed by atoms with Crippen molar-refractivity contribution in [3.8, 4) is 0 Å². The highest BCUT2D eigenvalue weighted by Crippen LogP contribution is 2.08. The van der Waals surface area contributed by atoms with Gasteiger partial charge in [0.1, 0.15) is 6.10 Å². The Morgan fingerprint density at radius 3 is 2.00 bits per heavy atom. The lowest BCUT2D eigenvalue weighted by molar-refractivity contribution is -0.534. The molecule has 0 aromatic carbocycles. The van der Waals surface area contributed by atoms with E-state index in [-0.39, 0.29) is 0 Å². The van der Waals surface area contributed by atoms with Crippen LogP contribution in [0, 0.1) is 10.1 Å². The summed E-state index contributed by atoms with van der Waals surface area (Å²) in [4.78, 5) is 20.3. The maximum atomic E-state index is 10.7. The topological polar surface area (TPSA) is 80.4 Å². The smallest absolute Gasteiger partial charge is 0.238 e. The number of unbranched alkanes of at least 4 members (excludes halogenated alkanes) is 2. The average molecular weight is 348 g/mol. The number of nitro groups is 1. The van der Waals surface area contributed by atoms with Gasteiger partial charge in [-0.2, -0.15) is 0 Å². The number of carbonyl (C=O) groups excluding carboxylic acids is 1. The summed E-state index contributed by atoms with van der Waals surface area (Å²) in [5.74, 6) is 0. The van der Waals surface area contributed by atoms with Crippen LogP contribution in [0.1, 0.15) is 58.3 Å².